The smallest absolute Gasteiger partial charge is 0.427 e. The van der Waals surface area contributed by atoms with E-state index in [-0.39, 0.29) is 50.5 Å². The van der Waals surface area contributed by atoms with Crippen LogP contribution < -0.4 is 9.79 Å². The van der Waals surface area contributed by atoms with Gasteiger partial charge in [-0.2, -0.15) is 17.5 Å². The van der Waals surface area contributed by atoms with Crippen molar-refractivity contribution >= 4 is 23.9 Å². The second-order valence-electron chi connectivity index (χ2n) is 7.83. The minimum absolute atomic E-state index is 0.00835. The van der Waals surface area contributed by atoms with E-state index in [9.17, 15) is 40.7 Å². The quantitative estimate of drug-likeness (QED) is 0.478. The highest BCUT2D eigenvalue weighted by molar-refractivity contribution is 7.89. The third-order valence-corrected chi connectivity index (χ3v) is 7.84. The fraction of sp³-hybridized carbons (Fsp3) is 0.611. The Morgan fingerprint density at radius 3 is 2.35 bits per heavy atom. The lowest BCUT2D eigenvalue weighted by atomic mass is 9.90. The van der Waals surface area contributed by atoms with Gasteiger partial charge in [-0.3, -0.25) is 0 Å². The Bertz CT molecular complexity index is 1010. The van der Waals surface area contributed by atoms with Gasteiger partial charge in [-0.25, -0.2) is 13.2 Å². The maximum Gasteiger partial charge on any atom is 0.427 e. The molecule has 2 aliphatic rings. The maximum absolute atomic E-state index is 13.1. The molecule has 1 aromatic rings. The SMILES string of the molecule is O=C(O[C@H](COP(=O)([O-])[O-])C(F)(F)F)N1CCC2(CC1)CN(S(=O)(=O)c1ccccc1)CCO2. The van der Waals surface area contributed by atoms with E-state index in [2.05, 4.69) is 9.26 Å². The summed E-state index contributed by atoms with van der Waals surface area (Å²) in [5, 5.41) is 0. The van der Waals surface area contributed by atoms with Gasteiger partial charge in [0.05, 0.1) is 31.5 Å². The Kier molecular flexibility index (Phi) is 7.97. The number of carbonyl (C=O) groups excluding carboxylic acids is 1. The van der Waals surface area contributed by atoms with Gasteiger partial charge >= 0.3 is 12.3 Å². The van der Waals surface area contributed by atoms with Crippen molar-refractivity contribution < 1.29 is 54.7 Å². The molecule has 0 aromatic heterocycles. The van der Waals surface area contributed by atoms with Gasteiger partial charge in [-0.1, -0.05) is 18.2 Å². The fourth-order valence-corrected chi connectivity index (χ4v) is 5.54. The summed E-state index contributed by atoms with van der Waals surface area (Å²) in [6.45, 7) is -1.63. The molecule has 1 atom stereocenters. The van der Waals surface area contributed by atoms with Gasteiger partial charge in [0.1, 0.15) is 0 Å². The molecule has 1 amide bonds. The number of piperidine rings is 1. The third-order valence-electron chi connectivity index (χ3n) is 5.52. The molecule has 2 heterocycles. The number of sulfonamides is 1. The van der Waals surface area contributed by atoms with E-state index in [1.807, 2.05) is 0 Å². The number of phosphoric acid groups is 1. The van der Waals surface area contributed by atoms with E-state index >= 15 is 0 Å². The average Bonchev–Trinajstić information content (AvgIpc) is 2.76. The number of nitrogens with zero attached hydrogens (tertiary/aromatic N) is 2. The molecule has 2 fully saturated rings. The first-order chi connectivity index (χ1) is 15.7. The zero-order valence-electron chi connectivity index (χ0n) is 17.7. The van der Waals surface area contributed by atoms with Crippen molar-refractivity contribution in [3.05, 3.63) is 30.3 Å². The number of benzene rings is 1. The van der Waals surface area contributed by atoms with Crippen LogP contribution in [0.4, 0.5) is 18.0 Å². The highest BCUT2D eigenvalue weighted by Gasteiger charge is 2.47. The molecule has 34 heavy (non-hydrogen) atoms. The normalized spacial score (nSPS) is 20.8. The molecule has 0 radical (unpaired) electrons. The molecule has 3 rings (SSSR count). The Morgan fingerprint density at radius 2 is 1.79 bits per heavy atom. The second kappa shape index (κ2) is 10.1. The maximum atomic E-state index is 13.1. The van der Waals surface area contributed by atoms with Gasteiger partial charge in [0.15, 0.2) is 0 Å². The number of carbonyl (C=O) groups is 1. The minimum Gasteiger partial charge on any atom is -0.790 e. The summed E-state index contributed by atoms with van der Waals surface area (Å²) >= 11 is 0. The standard InChI is InChI=1S/C18H24F3N2O9PS/c19-18(20,21)15(12-31-33(25,26)27)32-16(24)22-8-6-17(7-9-22)13-23(10-11-30-17)34(28,29)14-4-2-1-3-5-14/h1-5,15H,6-13H2,(H2,25,26,27)/p-2/t15-/m1/s1. The summed E-state index contributed by atoms with van der Waals surface area (Å²) in [5.41, 5.74) is -0.929. The van der Waals surface area contributed by atoms with Gasteiger partial charge in [0.25, 0.3) is 0 Å². The molecule has 0 unspecified atom stereocenters. The third kappa shape index (κ3) is 6.68. The summed E-state index contributed by atoms with van der Waals surface area (Å²) in [7, 11) is -9.49. The first-order valence-electron chi connectivity index (χ1n) is 10.1. The topological polar surface area (TPSA) is 149 Å². The van der Waals surface area contributed by atoms with Crippen LogP contribution in [0.5, 0.6) is 0 Å². The molecule has 11 nitrogen and oxygen atoms in total. The predicted molar refractivity (Wildman–Crippen MR) is 105 cm³/mol. The lowest BCUT2D eigenvalue weighted by Crippen LogP contribution is -2.58. The van der Waals surface area contributed by atoms with Crippen molar-refractivity contribution in [1.82, 2.24) is 9.21 Å². The van der Waals surface area contributed by atoms with Gasteiger partial charge < -0.3 is 33.2 Å². The molecule has 0 bridgehead atoms. The Balaban J connectivity index is 1.61. The van der Waals surface area contributed by atoms with E-state index in [4.69, 9.17) is 4.74 Å². The highest BCUT2D eigenvalue weighted by atomic mass is 32.2. The van der Waals surface area contributed by atoms with Crippen LogP contribution in [0.1, 0.15) is 12.8 Å². The first-order valence-corrected chi connectivity index (χ1v) is 13.0. The molecule has 0 aliphatic carbocycles. The molecule has 0 saturated carbocycles. The number of morpholine rings is 1. The summed E-state index contributed by atoms with van der Waals surface area (Å²) < 4.78 is 90.6. The molecule has 16 heteroatoms. The number of likely N-dealkylation sites (tertiary alicyclic amines) is 1. The lowest BCUT2D eigenvalue weighted by Gasteiger charge is -2.46. The number of hydrogen-bond donors (Lipinski definition) is 0. The van der Waals surface area contributed by atoms with Crippen LogP contribution in [0.15, 0.2) is 35.2 Å². The molecule has 1 aromatic carbocycles. The largest absolute Gasteiger partial charge is 0.790 e. The lowest BCUT2D eigenvalue weighted by molar-refractivity contribution is -0.344. The zero-order valence-corrected chi connectivity index (χ0v) is 19.4. The van der Waals surface area contributed by atoms with E-state index in [1.165, 1.54) is 16.4 Å². The van der Waals surface area contributed by atoms with Crippen LogP contribution in [0.2, 0.25) is 0 Å². The monoisotopic (exact) mass is 530 g/mol. The fourth-order valence-electron chi connectivity index (χ4n) is 3.71. The Hall–Kier alpha value is -1.74. The van der Waals surface area contributed by atoms with Crippen LogP contribution in [0, 0.1) is 0 Å². The second-order valence-corrected chi connectivity index (χ2v) is 10.9. The number of ether oxygens (including phenoxy) is 2. The van der Waals surface area contributed by atoms with Crippen LogP contribution in [0.3, 0.4) is 0 Å². The molecule has 2 aliphatic heterocycles. The van der Waals surface area contributed by atoms with Crippen LogP contribution in [0.25, 0.3) is 0 Å². The van der Waals surface area contributed by atoms with E-state index in [0.29, 0.717) is 0 Å². The number of halogens is 3. The van der Waals surface area contributed by atoms with E-state index in [1.54, 1.807) is 18.2 Å². The Morgan fingerprint density at radius 1 is 1.18 bits per heavy atom. The van der Waals surface area contributed by atoms with Gasteiger partial charge in [-0.15, -0.1) is 0 Å². The summed E-state index contributed by atoms with van der Waals surface area (Å²) in [6, 6.07) is 7.81. The zero-order chi connectivity index (χ0) is 25.2. The predicted octanol–water partition coefficient (Wildman–Crippen LogP) is 0.455. The Labute approximate surface area is 193 Å². The summed E-state index contributed by atoms with van der Waals surface area (Å²) in [5.74, 6) is 0. The molecule has 192 valence electrons. The van der Waals surface area contributed by atoms with Gasteiger partial charge in [0, 0.05) is 26.2 Å². The average molecular weight is 530 g/mol. The van der Waals surface area contributed by atoms with Crippen molar-refractivity contribution in [3.63, 3.8) is 0 Å². The number of phosphoric ester groups is 1. The van der Waals surface area contributed by atoms with Crippen LogP contribution in [-0.4, -0.2) is 81.0 Å². The van der Waals surface area contributed by atoms with Crippen molar-refractivity contribution in [2.75, 3.05) is 39.4 Å². The number of alkyl halides is 3. The minimum atomic E-state index is -5.70. The first kappa shape index (κ1) is 26.9. The van der Waals surface area contributed by atoms with E-state index in [0.717, 1.165) is 4.90 Å². The molecular formula is C18H22F3N2O9PS-2. The van der Waals surface area contributed by atoms with Gasteiger partial charge in [-0.05, 0) is 25.0 Å². The molecule has 0 N–H and O–H groups in total. The molecule has 1 spiro atoms. The number of amides is 1. The number of rotatable bonds is 6. The number of hydrogen-bond acceptors (Lipinski definition) is 9. The van der Waals surface area contributed by atoms with Crippen molar-refractivity contribution in [3.8, 4) is 0 Å². The summed E-state index contributed by atoms with van der Waals surface area (Å²) in [6.07, 6.45) is -9.24. The van der Waals surface area contributed by atoms with Crippen LogP contribution >= 0.6 is 7.82 Å². The molecular weight excluding hydrogens is 508 g/mol. The summed E-state index contributed by atoms with van der Waals surface area (Å²) in [4.78, 5) is 34.3. The van der Waals surface area contributed by atoms with E-state index < -0.39 is 48.4 Å². The van der Waals surface area contributed by atoms with Gasteiger partial charge in [0.2, 0.25) is 16.1 Å². The van der Waals surface area contributed by atoms with Crippen LogP contribution in [-0.2, 0) is 28.6 Å². The van der Waals surface area contributed by atoms with Crippen molar-refractivity contribution in [2.24, 2.45) is 0 Å². The van der Waals surface area contributed by atoms with Crippen molar-refractivity contribution in [2.45, 2.75) is 35.6 Å². The molecule has 2 saturated heterocycles. The van der Waals surface area contributed by atoms with Crippen molar-refractivity contribution in [1.29, 1.82) is 0 Å². The highest BCUT2D eigenvalue weighted by Crippen LogP contribution is 2.34.